The van der Waals surface area contributed by atoms with Crippen LogP contribution in [0.1, 0.15) is 57.0 Å². The average molecular weight is 350 g/mol. The summed E-state index contributed by atoms with van der Waals surface area (Å²) in [6.07, 6.45) is 0.344. The number of Topliss-reactive ketones (excluding diaryl/α,β-unsaturated/α-hetero) is 2. The van der Waals surface area contributed by atoms with Gasteiger partial charge in [-0.2, -0.15) is 0 Å². The van der Waals surface area contributed by atoms with Crippen LogP contribution >= 0.6 is 0 Å². The first-order valence-corrected chi connectivity index (χ1v) is 10.7. The van der Waals surface area contributed by atoms with Gasteiger partial charge in [-0.15, -0.1) is 0 Å². The number of carbonyl (C=O) groups is 2. The fraction of sp³-hybridized carbons (Fsp3) is 0.579. The molecule has 4 nitrogen and oxygen atoms in total. The maximum atomic E-state index is 12.8. The molecule has 24 heavy (non-hydrogen) atoms. The molecule has 0 N–H and O–H groups in total. The van der Waals surface area contributed by atoms with E-state index in [-0.39, 0.29) is 17.0 Å². The van der Waals surface area contributed by atoms with Gasteiger partial charge in [0.1, 0.15) is 5.78 Å². The maximum absolute atomic E-state index is 12.8. The van der Waals surface area contributed by atoms with Gasteiger partial charge in [0.15, 0.2) is 17.3 Å². The van der Waals surface area contributed by atoms with Crippen molar-refractivity contribution >= 4 is 20.6 Å². The van der Waals surface area contributed by atoms with E-state index >= 15 is 0 Å². The minimum Gasteiger partial charge on any atom is -0.540 e. The van der Waals surface area contributed by atoms with Crippen LogP contribution in [0.15, 0.2) is 12.1 Å². The Kier molecular flexibility index (Phi) is 6.78. The Morgan fingerprint density at radius 3 is 2.17 bits per heavy atom. The number of ether oxygens (including phenoxy) is 1. The first-order chi connectivity index (χ1) is 11.0. The maximum Gasteiger partial charge on any atom is 0.274 e. The van der Waals surface area contributed by atoms with Crippen LogP contribution in [0.25, 0.3) is 0 Å². The second kappa shape index (κ2) is 7.97. The molecule has 0 aliphatic rings. The zero-order valence-electron chi connectivity index (χ0n) is 16.1. The largest absolute Gasteiger partial charge is 0.540 e. The molecular formula is C19H29O4Si. The van der Waals surface area contributed by atoms with Crippen molar-refractivity contribution in [3.8, 4) is 11.5 Å². The van der Waals surface area contributed by atoms with Gasteiger partial charge in [0.2, 0.25) is 0 Å². The lowest BCUT2D eigenvalue weighted by Gasteiger charge is -2.26. The molecular weight excluding hydrogens is 320 g/mol. The first kappa shape index (κ1) is 20.4. The van der Waals surface area contributed by atoms with Crippen LogP contribution in [0.2, 0.25) is 13.1 Å². The van der Waals surface area contributed by atoms with Crippen molar-refractivity contribution in [2.75, 3.05) is 7.11 Å². The molecule has 0 saturated heterocycles. The van der Waals surface area contributed by atoms with E-state index in [0.717, 1.165) is 5.56 Å². The van der Waals surface area contributed by atoms with Crippen molar-refractivity contribution in [3.63, 3.8) is 0 Å². The molecule has 5 heteroatoms. The summed E-state index contributed by atoms with van der Waals surface area (Å²) >= 11 is 0. The lowest BCUT2D eigenvalue weighted by molar-refractivity contribution is -0.120. The van der Waals surface area contributed by atoms with Crippen LogP contribution < -0.4 is 9.16 Å². The summed E-state index contributed by atoms with van der Waals surface area (Å²) in [7, 11) is 0.484. The van der Waals surface area contributed by atoms with Gasteiger partial charge >= 0.3 is 0 Å². The Morgan fingerprint density at radius 1 is 1.17 bits per heavy atom. The molecule has 1 aromatic rings. The molecule has 1 radical (unpaired) electrons. The van der Waals surface area contributed by atoms with Crippen LogP contribution in [-0.2, 0) is 10.2 Å². The van der Waals surface area contributed by atoms with E-state index in [1.165, 1.54) is 0 Å². The quantitative estimate of drug-likeness (QED) is 0.415. The topological polar surface area (TPSA) is 52.6 Å². The molecule has 0 fully saturated rings. The van der Waals surface area contributed by atoms with Crippen molar-refractivity contribution in [2.45, 2.75) is 59.5 Å². The number of ketones is 2. The van der Waals surface area contributed by atoms with Crippen LogP contribution in [-0.4, -0.2) is 27.7 Å². The zero-order chi connectivity index (χ0) is 18.7. The zero-order valence-corrected chi connectivity index (χ0v) is 17.1. The van der Waals surface area contributed by atoms with Gasteiger partial charge in [-0.05, 0) is 31.5 Å². The molecule has 1 rings (SSSR count). The molecule has 0 aliphatic heterocycles. The third kappa shape index (κ3) is 4.47. The third-order valence-electron chi connectivity index (χ3n) is 3.92. The number of rotatable bonds is 7. The molecule has 1 aromatic carbocycles. The van der Waals surface area contributed by atoms with Crippen molar-refractivity contribution < 1.29 is 18.8 Å². The third-order valence-corrected chi connectivity index (χ3v) is 4.53. The SMILES string of the molecule is CCC(=O)C(C)C(=O)c1ccc(C(C)(C)C)c(OC)c1O[Si](C)C. The van der Waals surface area contributed by atoms with E-state index < -0.39 is 15.0 Å². The van der Waals surface area contributed by atoms with Crippen molar-refractivity contribution in [1.82, 2.24) is 0 Å². The van der Waals surface area contributed by atoms with Crippen LogP contribution in [0, 0.1) is 5.92 Å². The molecule has 1 atom stereocenters. The molecule has 0 saturated carbocycles. The minimum atomic E-state index is -1.10. The predicted molar refractivity (Wildman–Crippen MR) is 98.6 cm³/mol. The van der Waals surface area contributed by atoms with Crippen molar-refractivity contribution in [1.29, 1.82) is 0 Å². The molecule has 0 aliphatic carbocycles. The summed E-state index contributed by atoms with van der Waals surface area (Å²) in [5.41, 5.74) is 1.26. The number of benzene rings is 1. The average Bonchev–Trinajstić information content (AvgIpc) is 2.50. The van der Waals surface area contributed by atoms with Crippen LogP contribution in [0.3, 0.4) is 0 Å². The minimum absolute atomic E-state index is 0.0664. The Labute approximate surface area is 147 Å². The van der Waals surface area contributed by atoms with Gasteiger partial charge in [-0.1, -0.05) is 33.8 Å². The van der Waals surface area contributed by atoms with E-state index in [1.54, 1.807) is 27.0 Å². The van der Waals surface area contributed by atoms with E-state index in [0.29, 0.717) is 23.5 Å². The first-order valence-electron chi connectivity index (χ1n) is 8.30. The highest BCUT2D eigenvalue weighted by Gasteiger charge is 2.30. The fourth-order valence-electron chi connectivity index (χ4n) is 2.54. The van der Waals surface area contributed by atoms with E-state index in [9.17, 15) is 9.59 Å². The molecule has 1 unspecified atom stereocenters. The summed E-state index contributed by atoms with van der Waals surface area (Å²) in [5, 5.41) is 0. The van der Waals surface area contributed by atoms with Gasteiger partial charge in [0.05, 0.1) is 18.6 Å². The second-order valence-corrected chi connectivity index (χ2v) is 9.21. The predicted octanol–water partition coefficient (Wildman–Crippen LogP) is 4.42. The number of methoxy groups -OCH3 is 1. The Morgan fingerprint density at radius 2 is 1.75 bits per heavy atom. The molecule has 0 bridgehead atoms. The van der Waals surface area contributed by atoms with Gasteiger partial charge in [-0.25, -0.2) is 0 Å². The molecule has 0 amide bonds. The monoisotopic (exact) mass is 349 g/mol. The molecule has 0 heterocycles. The van der Waals surface area contributed by atoms with Crippen molar-refractivity contribution in [2.24, 2.45) is 5.92 Å². The smallest absolute Gasteiger partial charge is 0.274 e. The second-order valence-electron chi connectivity index (χ2n) is 7.19. The van der Waals surface area contributed by atoms with E-state index in [2.05, 4.69) is 20.8 Å². The Bertz CT molecular complexity index is 615. The highest BCUT2D eigenvalue weighted by molar-refractivity contribution is 6.49. The fourth-order valence-corrected chi connectivity index (χ4v) is 3.15. The summed E-state index contributed by atoms with van der Waals surface area (Å²) in [6, 6.07) is 3.67. The summed E-state index contributed by atoms with van der Waals surface area (Å²) in [6.45, 7) is 13.7. The summed E-state index contributed by atoms with van der Waals surface area (Å²) in [4.78, 5) is 24.8. The van der Waals surface area contributed by atoms with Gasteiger partial charge in [0, 0.05) is 12.0 Å². The highest BCUT2D eigenvalue weighted by atomic mass is 28.3. The van der Waals surface area contributed by atoms with Gasteiger partial charge < -0.3 is 9.16 Å². The molecule has 0 aromatic heterocycles. The van der Waals surface area contributed by atoms with Crippen LogP contribution in [0.4, 0.5) is 0 Å². The Balaban J connectivity index is 3.55. The lowest BCUT2D eigenvalue weighted by atomic mass is 9.84. The molecule has 0 spiro atoms. The van der Waals surface area contributed by atoms with Crippen molar-refractivity contribution in [3.05, 3.63) is 23.3 Å². The molecule has 133 valence electrons. The normalized spacial score (nSPS) is 12.9. The number of hydrogen-bond donors (Lipinski definition) is 0. The number of carbonyl (C=O) groups excluding carboxylic acids is 2. The van der Waals surface area contributed by atoms with Crippen LogP contribution in [0.5, 0.6) is 11.5 Å². The Hall–Kier alpha value is -1.62. The lowest BCUT2D eigenvalue weighted by Crippen LogP contribution is -2.24. The number of hydrogen-bond acceptors (Lipinski definition) is 4. The van der Waals surface area contributed by atoms with Gasteiger partial charge in [0.25, 0.3) is 9.04 Å². The standard InChI is InChI=1S/C19H29O4Si/c1-9-15(20)12(2)16(21)13-10-11-14(19(3,4)5)18(22-6)17(13)23-24(7)8/h10-12H,9H2,1-8H3. The summed E-state index contributed by atoms with van der Waals surface area (Å²) < 4.78 is 11.6. The van der Waals surface area contributed by atoms with E-state index in [4.69, 9.17) is 9.16 Å². The summed E-state index contributed by atoms with van der Waals surface area (Å²) in [5.74, 6) is 0.120. The van der Waals surface area contributed by atoms with Gasteiger partial charge in [-0.3, -0.25) is 9.59 Å². The highest BCUT2D eigenvalue weighted by Crippen LogP contribution is 2.42. The van der Waals surface area contributed by atoms with E-state index in [1.807, 2.05) is 19.2 Å².